The Kier molecular flexibility index (Phi) is 7.79. The van der Waals surface area contributed by atoms with Crippen LogP contribution in [0.15, 0.2) is 102 Å². The molecule has 4 aromatic rings. The van der Waals surface area contributed by atoms with Crippen molar-refractivity contribution in [3.63, 3.8) is 0 Å². The number of nitrogens with one attached hydrogen (secondary N) is 1. The third-order valence-electron chi connectivity index (χ3n) is 5.27. The number of nitrogens with zero attached hydrogens (tertiary/aromatic N) is 2. The van der Waals surface area contributed by atoms with E-state index in [-0.39, 0.29) is 16.5 Å². The van der Waals surface area contributed by atoms with Gasteiger partial charge in [0.15, 0.2) is 10.8 Å². The molecule has 1 N–H and O–H groups in total. The monoisotopic (exact) mass is 512 g/mol. The Hall–Kier alpha value is -4.30. The predicted octanol–water partition coefficient (Wildman–Crippen LogP) is 6.31. The first-order valence-corrected chi connectivity index (χ1v) is 12.5. The summed E-state index contributed by atoms with van der Waals surface area (Å²) >= 11 is 1.13. The zero-order chi connectivity index (χ0) is 26.3. The summed E-state index contributed by atoms with van der Waals surface area (Å²) in [6, 6.07) is 29.0. The van der Waals surface area contributed by atoms with Crippen molar-refractivity contribution >= 4 is 34.6 Å². The van der Waals surface area contributed by atoms with E-state index >= 15 is 0 Å². The number of carbonyl (C=O) groups is 1. The number of carbonyl (C=O) groups excluding carboxylic acids is 2. The highest BCUT2D eigenvalue weighted by atomic mass is 32.1. The van der Waals surface area contributed by atoms with Crippen molar-refractivity contribution in [1.82, 2.24) is 4.98 Å². The van der Waals surface area contributed by atoms with Crippen molar-refractivity contribution in [1.29, 1.82) is 0 Å². The Bertz CT molecular complexity index is 1270. The standard InChI is InChI=1S/C29H26N3O4S/c1-28(2,3)35-27(34)31-26-30-25(20-37-26)24(19-33)32-36-29(21-13-7-4-8-14-21,22-15-9-5-10-16-22)23-17-11-6-12-18-23/h4-18,20H,1-3H3,(H,30,31,34). The summed E-state index contributed by atoms with van der Waals surface area (Å²) in [4.78, 5) is 34.7. The van der Waals surface area contributed by atoms with Gasteiger partial charge in [-0.3, -0.25) is 10.1 Å². The van der Waals surface area contributed by atoms with Gasteiger partial charge in [-0.05, 0) is 20.8 Å². The van der Waals surface area contributed by atoms with Crippen LogP contribution in [0.4, 0.5) is 9.93 Å². The summed E-state index contributed by atoms with van der Waals surface area (Å²) < 4.78 is 5.26. The van der Waals surface area contributed by atoms with Gasteiger partial charge in [-0.15, -0.1) is 11.3 Å². The van der Waals surface area contributed by atoms with Gasteiger partial charge in [0, 0.05) is 22.1 Å². The van der Waals surface area contributed by atoms with Crippen LogP contribution in [0.3, 0.4) is 0 Å². The molecule has 0 fully saturated rings. The van der Waals surface area contributed by atoms with Crippen molar-refractivity contribution in [2.24, 2.45) is 5.16 Å². The quantitative estimate of drug-likeness (QED) is 0.170. The minimum atomic E-state index is -1.15. The lowest BCUT2D eigenvalue weighted by Crippen LogP contribution is -2.31. The third-order valence-corrected chi connectivity index (χ3v) is 6.02. The third kappa shape index (κ3) is 6.10. The fraction of sp³-hybridized carbons (Fsp3) is 0.172. The number of benzene rings is 3. The van der Waals surface area contributed by atoms with Gasteiger partial charge in [-0.25, -0.2) is 9.78 Å². The summed E-state index contributed by atoms with van der Waals surface area (Å²) in [5.41, 5.74) is 0.747. The van der Waals surface area contributed by atoms with Gasteiger partial charge in [0.25, 0.3) is 6.29 Å². The minimum absolute atomic E-state index is 0.138. The first kappa shape index (κ1) is 25.8. The highest BCUT2D eigenvalue weighted by molar-refractivity contribution is 7.14. The number of aromatic nitrogens is 1. The minimum Gasteiger partial charge on any atom is -0.444 e. The largest absolute Gasteiger partial charge is 0.444 e. The molecule has 0 saturated heterocycles. The summed E-state index contributed by atoms with van der Waals surface area (Å²) in [7, 11) is 0. The van der Waals surface area contributed by atoms with E-state index in [1.54, 1.807) is 26.2 Å². The molecule has 1 heterocycles. The molecule has 1 aromatic heterocycles. The van der Waals surface area contributed by atoms with Gasteiger partial charge in [-0.1, -0.05) is 96.2 Å². The van der Waals surface area contributed by atoms with E-state index < -0.39 is 17.3 Å². The van der Waals surface area contributed by atoms with Gasteiger partial charge in [0.2, 0.25) is 5.60 Å². The van der Waals surface area contributed by atoms with Crippen LogP contribution >= 0.6 is 11.3 Å². The Morgan fingerprint density at radius 3 is 1.78 bits per heavy atom. The number of oxime groups is 1. The number of anilines is 1. The smallest absolute Gasteiger partial charge is 0.413 e. The van der Waals surface area contributed by atoms with E-state index in [1.807, 2.05) is 97.3 Å². The molecule has 0 atom stereocenters. The molecule has 4 rings (SSSR count). The van der Waals surface area contributed by atoms with E-state index in [0.29, 0.717) is 0 Å². The molecular formula is C29H26N3O4S. The molecule has 7 nitrogen and oxygen atoms in total. The molecule has 187 valence electrons. The van der Waals surface area contributed by atoms with Crippen molar-refractivity contribution in [3.8, 4) is 0 Å². The normalized spacial score (nSPS) is 12.0. The fourth-order valence-corrected chi connectivity index (χ4v) is 4.42. The summed E-state index contributed by atoms with van der Waals surface area (Å²) in [6.07, 6.45) is 1.18. The molecular weight excluding hydrogens is 486 g/mol. The molecule has 37 heavy (non-hydrogen) atoms. The van der Waals surface area contributed by atoms with Gasteiger partial charge < -0.3 is 9.57 Å². The van der Waals surface area contributed by atoms with Crippen molar-refractivity contribution in [3.05, 3.63) is 119 Å². The molecule has 0 aliphatic rings. The fourth-order valence-electron chi connectivity index (χ4n) is 3.74. The maximum Gasteiger partial charge on any atom is 0.413 e. The van der Waals surface area contributed by atoms with Crippen LogP contribution in [0.1, 0.15) is 43.2 Å². The lowest BCUT2D eigenvalue weighted by molar-refractivity contribution is 0.0177. The van der Waals surface area contributed by atoms with E-state index in [2.05, 4.69) is 15.5 Å². The van der Waals surface area contributed by atoms with Gasteiger partial charge in [-0.2, -0.15) is 0 Å². The van der Waals surface area contributed by atoms with Crippen LogP contribution in [0.5, 0.6) is 0 Å². The number of amides is 1. The van der Waals surface area contributed by atoms with E-state index in [1.165, 1.54) is 0 Å². The summed E-state index contributed by atoms with van der Waals surface area (Å²) in [6.45, 7) is 5.30. The van der Waals surface area contributed by atoms with Crippen LogP contribution in [-0.2, 0) is 20.0 Å². The van der Waals surface area contributed by atoms with Crippen LogP contribution in [-0.4, -0.2) is 28.7 Å². The molecule has 0 bridgehead atoms. The van der Waals surface area contributed by atoms with Gasteiger partial charge in [0.05, 0.1) is 0 Å². The van der Waals surface area contributed by atoms with Crippen molar-refractivity contribution < 1.29 is 19.2 Å². The second-order valence-electron chi connectivity index (χ2n) is 9.08. The maximum atomic E-state index is 12.1. The molecule has 0 unspecified atom stereocenters. The maximum absolute atomic E-state index is 12.1. The average molecular weight is 513 g/mol. The Morgan fingerprint density at radius 2 is 1.35 bits per heavy atom. The highest BCUT2D eigenvalue weighted by Gasteiger charge is 2.39. The summed E-state index contributed by atoms with van der Waals surface area (Å²) in [5, 5.41) is 8.68. The van der Waals surface area contributed by atoms with Crippen molar-refractivity contribution in [2.45, 2.75) is 32.0 Å². The van der Waals surface area contributed by atoms with E-state index in [9.17, 15) is 9.59 Å². The zero-order valence-corrected chi connectivity index (χ0v) is 21.5. The zero-order valence-electron chi connectivity index (χ0n) is 20.7. The van der Waals surface area contributed by atoms with Crippen molar-refractivity contribution in [2.75, 3.05) is 5.32 Å². The van der Waals surface area contributed by atoms with Crippen LogP contribution in [0, 0.1) is 0 Å². The van der Waals surface area contributed by atoms with Crippen LogP contribution < -0.4 is 5.32 Å². The molecule has 0 spiro atoms. The molecule has 3 aromatic carbocycles. The van der Waals surface area contributed by atoms with E-state index in [0.717, 1.165) is 28.0 Å². The molecule has 0 saturated carbocycles. The lowest BCUT2D eigenvalue weighted by Gasteiger charge is -2.33. The molecule has 0 aliphatic heterocycles. The lowest BCUT2D eigenvalue weighted by atomic mass is 9.80. The molecule has 1 amide bonds. The number of rotatable bonds is 8. The highest BCUT2D eigenvalue weighted by Crippen LogP contribution is 2.40. The topological polar surface area (TPSA) is 89.9 Å². The Morgan fingerprint density at radius 1 is 0.865 bits per heavy atom. The molecule has 1 radical (unpaired) electrons. The van der Waals surface area contributed by atoms with Gasteiger partial charge >= 0.3 is 6.09 Å². The van der Waals surface area contributed by atoms with E-state index in [4.69, 9.17) is 9.57 Å². The molecule has 8 heteroatoms. The molecule has 0 aliphatic carbocycles. The second-order valence-corrected chi connectivity index (χ2v) is 9.94. The second kappa shape index (κ2) is 11.2. The number of ether oxygens (including phenoxy) is 1. The Balaban J connectivity index is 1.74. The summed E-state index contributed by atoms with van der Waals surface area (Å²) in [5.74, 6) is 0. The Labute approximate surface area is 219 Å². The number of hydrogen-bond acceptors (Lipinski definition) is 7. The number of hydrogen-bond donors (Lipinski definition) is 1. The first-order valence-electron chi connectivity index (χ1n) is 11.6. The van der Waals surface area contributed by atoms with Crippen LogP contribution in [0.25, 0.3) is 0 Å². The first-order chi connectivity index (χ1) is 17.8. The average Bonchev–Trinajstić information content (AvgIpc) is 3.35. The van der Waals surface area contributed by atoms with Crippen LogP contribution in [0.2, 0.25) is 0 Å². The SMILES string of the molecule is CC(C)(C)OC(=O)Nc1nc(C([C]=O)=NOC(c2ccccc2)(c2ccccc2)c2ccccc2)cs1. The van der Waals surface area contributed by atoms with Gasteiger partial charge in [0.1, 0.15) is 11.3 Å². The number of thiazole rings is 1. The predicted molar refractivity (Wildman–Crippen MR) is 144 cm³/mol.